The number of nitrogens with zero attached hydrogens (tertiary/aromatic N) is 1. The second-order valence-corrected chi connectivity index (χ2v) is 7.28. The van der Waals surface area contributed by atoms with Crippen LogP contribution in [0.3, 0.4) is 0 Å². The molecule has 0 aliphatic rings. The smallest absolute Gasteiger partial charge is 0.241 e. The van der Waals surface area contributed by atoms with E-state index in [1.165, 1.54) is 20.3 Å². The van der Waals surface area contributed by atoms with Gasteiger partial charge in [0.2, 0.25) is 10.0 Å². The van der Waals surface area contributed by atoms with Crippen LogP contribution in [0, 0.1) is 0 Å². The van der Waals surface area contributed by atoms with Gasteiger partial charge in [-0.1, -0.05) is 12.7 Å². The van der Waals surface area contributed by atoms with Crippen LogP contribution in [-0.2, 0) is 19.5 Å². The van der Waals surface area contributed by atoms with Gasteiger partial charge in [0.25, 0.3) is 0 Å². The predicted molar refractivity (Wildman–Crippen MR) is 108 cm³/mol. The highest BCUT2D eigenvalue weighted by molar-refractivity contribution is 7.89. The number of hydrogen-bond acceptors (Lipinski definition) is 6. The minimum absolute atomic E-state index is 0.0500. The molecule has 150 valence electrons. The van der Waals surface area contributed by atoms with Crippen LogP contribution in [0.15, 0.2) is 71.7 Å². The molecule has 8 heteroatoms. The van der Waals surface area contributed by atoms with Crippen molar-refractivity contribution in [1.82, 2.24) is 9.71 Å². The average molecular weight is 404 g/mol. The molecule has 2 rings (SSSR count). The number of hydrogen-bond donors (Lipinski definition) is 1. The Bertz CT molecular complexity index is 997. The van der Waals surface area contributed by atoms with E-state index < -0.39 is 10.0 Å². The Morgan fingerprint density at radius 3 is 2.68 bits per heavy atom. The van der Waals surface area contributed by atoms with Crippen LogP contribution in [0.25, 0.3) is 10.9 Å². The maximum absolute atomic E-state index is 12.9. The third-order valence-electron chi connectivity index (χ3n) is 3.80. The number of methoxy groups -OCH3 is 2. The first-order valence-corrected chi connectivity index (χ1v) is 10.1. The molecule has 0 aliphatic heterocycles. The molecule has 7 nitrogen and oxygen atoms in total. The lowest BCUT2D eigenvalue weighted by molar-refractivity contribution is 0.270. The largest absolute Gasteiger partial charge is 0.500 e. The van der Waals surface area contributed by atoms with Crippen molar-refractivity contribution in [2.24, 2.45) is 0 Å². The Morgan fingerprint density at radius 1 is 1.25 bits per heavy atom. The molecule has 0 atom stereocenters. The highest BCUT2D eigenvalue weighted by atomic mass is 32.2. The number of rotatable bonds is 10. The molecule has 0 unspecified atom stereocenters. The molecule has 1 N–H and O–H groups in total. The molecule has 0 amide bonds. The van der Waals surface area contributed by atoms with Crippen molar-refractivity contribution in [3.63, 3.8) is 0 Å². The van der Waals surface area contributed by atoms with Crippen LogP contribution >= 0.6 is 0 Å². The Hall–Kier alpha value is -2.84. The van der Waals surface area contributed by atoms with Gasteiger partial charge in [0.05, 0.1) is 32.3 Å². The summed E-state index contributed by atoms with van der Waals surface area (Å²) in [6.45, 7) is 5.86. The van der Waals surface area contributed by atoms with E-state index in [1.807, 2.05) is 6.92 Å². The van der Waals surface area contributed by atoms with Gasteiger partial charge in [0, 0.05) is 17.7 Å². The van der Waals surface area contributed by atoms with E-state index in [0.29, 0.717) is 34.8 Å². The molecule has 0 bridgehead atoms. The van der Waals surface area contributed by atoms with Crippen molar-refractivity contribution in [3.8, 4) is 5.75 Å². The number of fused-ring (bicyclic) bond motifs is 1. The molecule has 0 saturated carbocycles. The number of sulfonamides is 1. The van der Waals surface area contributed by atoms with Crippen LogP contribution in [-0.4, -0.2) is 40.8 Å². The number of ether oxygens (including phenoxy) is 3. The van der Waals surface area contributed by atoms with Crippen molar-refractivity contribution in [3.05, 3.63) is 66.8 Å². The molecular weight excluding hydrogens is 380 g/mol. The second-order valence-electron chi connectivity index (χ2n) is 5.54. The van der Waals surface area contributed by atoms with Gasteiger partial charge in [-0.15, -0.1) is 0 Å². The average Bonchev–Trinajstić information content (AvgIpc) is 2.70. The molecule has 1 aromatic carbocycles. The van der Waals surface area contributed by atoms with Gasteiger partial charge in [-0.05, 0) is 37.3 Å². The van der Waals surface area contributed by atoms with E-state index in [0.717, 1.165) is 0 Å². The van der Waals surface area contributed by atoms with Crippen LogP contribution in [0.5, 0.6) is 5.75 Å². The fourth-order valence-corrected chi connectivity index (χ4v) is 3.69. The lowest BCUT2D eigenvalue weighted by Gasteiger charge is -2.13. The molecular formula is C20H24N2O5S. The van der Waals surface area contributed by atoms with Gasteiger partial charge in [-0.25, -0.2) is 13.1 Å². The Balaban J connectivity index is 2.35. The number of allylic oxidation sites excluding steroid dienone is 3. The summed E-state index contributed by atoms with van der Waals surface area (Å²) in [4.78, 5) is 4.38. The second kappa shape index (κ2) is 9.91. The predicted octanol–water partition coefficient (Wildman–Crippen LogP) is 3.16. The lowest BCUT2D eigenvalue weighted by Crippen LogP contribution is -2.26. The zero-order valence-electron chi connectivity index (χ0n) is 16.1. The number of pyridine rings is 1. The van der Waals surface area contributed by atoms with Crippen molar-refractivity contribution in [2.75, 3.05) is 27.4 Å². The van der Waals surface area contributed by atoms with Gasteiger partial charge in [-0.2, -0.15) is 0 Å². The fourth-order valence-electron chi connectivity index (χ4n) is 2.50. The Labute approximate surface area is 165 Å². The van der Waals surface area contributed by atoms with Gasteiger partial charge >= 0.3 is 0 Å². The van der Waals surface area contributed by atoms with Crippen molar-refractivity contribution >= 4 is 20.9 Å². The number of benzene rings is 1. The maximum atomic E-state index is 12.9. The Morgan fingerprint density at radius 2 is 2.04 bits per heavy atom. The first kappa shape index (κ1) is 21.5. The molecule has 2 aromatic rings. The molecule has 0 spiro atoms. The van der Waals surface area contributed by atoms with Crippen molar-refractivity contribution in [1.29, 1.82) is 0 Å². The normalized spacial score (nSPS) is 12.7. The highest BCUT2D eigenvalue weighted by Gasteiger charge is 2.20. The first-order chi connectivity index (χ1) is 13.5. The SMILES string of the molecule is C=C/C=C(\C=C(/CNS(=O)(=O)c1ccc(OCC)c2ncccc12)OC)OC. The number of nitrogens with one attached hydrogen (secondary N) is 1. The maximum Gasteiger partial charge on any atom is 0.241 e. The minimum Gasteiger partial charge on any atom is -0.500 e. The van der Waals surface area contributed by atoms with Crippen LogP contribution < -0.4 is 9.46 Å². The van der Waals surface area contributed by atoms with Crippen LogP contribution in [0.2, 0.25) is 0 Å². The van der Waals surface area contributed by atoms with Gasteiger partial charge in [0.15, 0.2) is 0 Å². The quantitative estimate of drug-likeness (QED) is 0.484. The summed E-state index contributed by atoms with van der Waals surface area (Å²) in [5.41, 5.74) is 0.491. The third-order valence-corrected chi connectivity index (χ3v) is 5.26. The standard InChI is InChI=1S/C20H24N2O5S/c1-5-8-15(25-3)13-16(26-4)14-22-28(23,24)19-11-10-18(27-6-2)20-17(19)9-7-12-21-20/h5,7-13,22H,1,6,14H2,2-4H3/b15-8+,16-13+. The summed E-state index contributed by atoms with van der Waals surface area (Å²) >= 11 is 0. The van der Waals surface area contributed by atoms with Gasteiger partial charge in [0.1, 0.15) is 22.8 Å². The Kier molecular flexibility index (Phi) is 7.60. The van der Waals surface area contributed by atoms with Gasteiger partial charge in [-0.3, -0.25) is 4.98 Å². The summed E-state index contributed by atoms with van der Waals surface area (Å²) < 4.78 is 44.3. The summed E-state index contributed by atoms with van der Waals surface area (Å²) in [6.07, 6.45) is 6.38. The van der Waals surface area contributed by atoms with E-state index in [2.05, 4.69) is 16.3 Å². The topological polar surface area (TPSA) is 86.8 Å². The molecule has 0 aliphatic carbocycles. The molecule has 28 heavy (non-hydrogen) atoms. The van der Waals surface area contributed by atoms with E-state index in [4.69, 9.17) is 14.2 Å². The van der Waals surface area contributed by atoms with Crippen molar-refractivity contribution < 1.29 is 22.6 Å². The van der Waals surface area contributed by atoms with E-state index in [1.54, 1.807) is 42.6 Å². The summed E-state index contributed by atoms with van der Waals surface area (Å²) in [7, 11) is -0.867. The van der Waals surface area contributed by atoms with E-state index in [9.17, 15) is 8.42 Å². The van der Waals surface area contributed by atoms with Crippen molar-refractivity contribution in [2.45, 2.75) is 11.8 Å². The molecule has 0 saturated heterocycles. The minimum atomic E-state index is -3.83. The van der Waals surface area contributed by atoms with Crippen LogP contribution in [0.1, 0.15) is 6.92 Å². The molecule has 1 aromatic heterocycles. The van der Waals surface area contributed by atoms with Crippen LogP contribution in [0.4, 0.5) is 0 Å². The fraction of sp³-hybridized carbons (Fsp3) is 0.250. The molecule has 1 heterocycles. The summed E-state index contributed by atoms with van der Waals surface area (Å²) in [5, 5.41) is 0.480. The zero-order chi connectivity index (χ0) is 20.6. The highest BCUT2D eigenvalue weighted by Crippen LogP contribution is 2.29. The molecule has 0 radical (unpaired) electrons. The monoisotopic (exact) mass is 404 g/mol. The third kappa shape index (κ3) is 5.11. The van der Waals surface area contributed by atoms with E-state index in [-0.39, 0.29) is 11.4 Å². The first-order valence-electron chi connectivity index (χ1n) is 8.58. The lowest BCUT2D eigenvalue weighted by atomic mass is 10.2. The van der Waals surface area contributed by atoms with E-state index >= 15 is 0 Å². The zero-order valence-corrected chi connectivity index (χ0v) is 17.0. The molecule has 0 fully saturated rings. The summed E-state index contributed by atoms with van der Waals surface area (Å²) in [5.74, 6) is 1.41. The number of aromatic nitrogens is 1. The summed E-state index contributed by atoms with van der Waals surface area (Å²) in [6, 6.07) is 6.49. The van der Waals surface area contributed by atoms with Gasteiger partial charge < -0.3 is 14.2 Å².